The van der Waals surface area contributed by atoms with Gasteiger partial charge in [0.25, 0.3) is 0 Å². The Kier molecular flexibility index (Phi) is 5.72. The van der Waals surface area contributed by atoms with Crippen molar-refractivity contribution < 1.29 is 0 Å². The highest BCUT2D eigenvalue weighted by Crippen LogP contribution is 2.40. The molecule has 1 rings (SSSR count). The molecule has 0 aliphatic heterocycles. The summed E-state index contributed by atoms with van der Waals surface area (Å²) < 4.78 is 0. The van der Waals surface area contributed by atoms with Gasteiger partial charge in [-0.1, -0.05) is 39.3 Å². The zero-order valence-corrected chi connectivity index (χ0v) is 12.5. The Hall–Kier alpha value is -0.300. The summed E-state index contributed by atoms with van der Waals surface area (Å²) in [5, 5.41) is 3.27. The predicted octanol–water partition coefficient (Wildman–Crippen LogP) is 4.39. The van der Waals surface area contributed by atoms with Gasteiger partial charge in [0.1, 0.15) is 0 Å². The van der Waals surface area contributed by atoms with E-state index >= 15 is 0 Å². The van der Waals surface area contributed by atoms with E-state index < -0.39 is 0 Å². The van der Waals surface area contributed by atoms with E-state index in [0.717, 1.165) is 18.4 Å². The van der Waals surface area contributed by atoms with Gasteiger partial charge in [0.15, 0.2) is 0 Å². The van der Waals surface area contributed by atoms with E-state index in [1.54, 1.807) is 5.57 Å². The molecule has 1 aliphatic rings. The molecule has 1 fully saturated rings. The van der Waals surface area contributed by atoms with Crippen LogP contribution in [0.15, 0.2) is 11.6 Å². The third kappa shape index (κ3) is 4.83. The van der Waals surface area contributed by atoms with Crippen LogP contribution in [0.3, 0.4) is 0 Å². The highest BCUT2D eigenvalue weighted by molar-refractivity contribution is 5.06. The van der Waals surface area contributed by atoms with E-state index in [9.17, 15) is 0 Å². The lowest BCUT2D eigenvalue weighted by Gasteiger charge is -2.36. The summed E-state index contributed by atoms with van der Waals surface area (Å²) >= 11 is 0. The molecule has 1 N–H and O–H groups in total. The van der Waals surface area contributed by atoms with Gasteiger partial charge in [-0.05, 0) is 56.4 Å². The largest absolute Gasteiger partial charge is 0.316 e. The molecule has 1 aliphatic carbocycles. The van der Waals surface area contributed by atoms with Crippen LogP contribution in [0.4, 0.5) is 0 Å². The second-order valence-electron chi connectivity index (χ2n) is 6.69. The van der Waals surface area contributed by atoms with Crippen molar-refractivity contribution in [1.82, 2.24) is 5.32 Å². The summed E-state index contributed by atoms with van der Waals surface area (Å²) in [6.45, 7) is 10.5. The molecule has 0 radical (unpaired) electrons. The van der Waals surface area contributed by atoms with E-state index in [4.69, 9.17) is 0 Å². The molecule has 0 heterocycles. The molecule has 1 nitrogen and oxygen atoms in total. The molecule has 0 aromatic carbocycles. The van der Waals surface area contributed by atoms with E-state index in [2.05, 4.69) is 39.1 Å². The number of allylic oxidation sites excluding steroid dienone is 1. The van der Waals surface area contributed by atoms with Crippen molar-refractivity contribution in [2.75, 3.05) is 13.6 Å². The summed E-state index contributed by atoms with van der Waals surface area (Å²) in [4.78, 5) is 0. The number of hydrogen-bond acceptors (Lipinski definition) is 1. The molecule has 0 atom stereocenters. The lowest BCUT2D eigenvalue weighted by molar-refractivity contribution is 0.162. The van der Waals surface area contributed by atoms with Crippen LogP contribution in [0.25, 0.3) is 0 Å². The molecule has 100 valence electrons. The summed E-state index contributed by atoms with van der Waals surface area (Å²) in [6.07, 6.45) is 9.38. The molecule has 1 heteroatoms. The van der Waals surface area contributed by atoms with Crippen molar-refractivity contribution in [3.8, 4) is 0 Å². The number of rotatable bonds is 4. The topological polar surface area (TPSA) is 12.0 Å². The highest BCUT2D eigenvalue weighted by Gasteiger charge is 2.28. The molecule has 0 aromatic heterocycles. The average molecular weight is 237 g/mol. The minimum atomic E-state index is 0.507. The minimum Gasteiger partial charge on any atom is -0.316 e. The molecular formula is C16H31N. The van der Waals surface area contributed by atoms with E-state index in [1.807, 2.05) is 7.05 Å². The molecule has 0 amide bonds. The lowest BCUT2D eigenvalue weighted by atomic mass is 9.69. The Labute approximate surface area is 108 Å². The van der Waals surface area contributed by atoms with Gasteiger partial charge < -0.3 is 5.32 Å². The van der Waals surface area contributed by atoms with Gasteiger partial charge in [0.05, 0.1) is 0 Å². The molecule has 17 heavy (non-hydrogen) atoms. The molecule has 0 unspecified atom stereocenters. The summed E-state index contributed by atoms with van der Waals surface area (Å²) in [5.74, 6) is 1.78. The third-order valence-corrected chi connectivity index (χ3v) is 4.33. The van der Waals surface area contributed by atoms with Crippen LogP contribution < -0.4 is 5.32 Å². The van der Waals surface area contributed by atoms with Gasteiger partial charge in [-0.3, -0.25) is 0 Å². The van der Waals surface area contributed by atoms with Crippen LogP contribution in [0, 0.1) is 17.3 Å². The van der Waals surface area contributed by atoms with Gasteiger partial charge >= 0.3 is 0 Å². The van der Waals surface area contributed by atoms with Crippen molar-refractivity contribution in [3.05, 3.63) is 11.6 Å². The zero-order valence-electron chi connectivity index (χ0n) is 12.5. The fourth-order valence-corrected chi connectivity index (χ4v) is 3.01. The molecular weight excluding hydrogens is 206 g/mol. The van der Waals surface area contributed by atoms with Gasteiger partial charge in [-0.15, -0.1) is 0 Å². The molecule has 0 bridgehead atoms. The molecule has 1 saturated carbocycles. The van der Waals surface area contributed by atoms with Crippen molar-refractivity contribution in [3.63, 3.8) is 0 Å². The van der Waals surface area contributed by atoms with E-state index in [1.165, 1.54) is 32.1 Å². The quantitative estimate of drug-likeness (QED) is 0.715. The third-order valence-electron chi connectivity index (χ3n) is 4.33. The minimum absolute atomic E-state index is 0.507. The second-order valence-corrected chi connectivity index (χ2v) is 6.69. The van der Waals surface area contributed by atoms with Gasteiger partial charge in [-0.25, -0.2) is 0 Å². The Morgan fingerprint density at radius 2 is 1.76 bits per heavy atom. The first kappa shape index (κ1) is 14.8. The zero-order chi connectivity index (χ0) is 12.9. The van der Waals surface area contributed by atoms with Crippen molar-refractivity contribution in [2.24, 2.45) is 17.3 Å². The number of likely N-dealkylation sites (N-methyl/N-ethyl adjacent to an activating group) is 1. The van der Waals surface area contributed by atoms with Crippen LogP contribution in [0.2, 0.25) is 0 Å². The first-order chi connectivity index (χ1) is 7.97. The maximum absolute atomic E-state index is 3.27. The Morgan fingerprint density at radius 1 is 1.18 bits per heavy atom. The Balaban J connectivity index is 2.46. The normalized spacial score (nSPS) is 27.2. The van der Waals surface area contributed by atoms with Crippen molar-refractivity contribution in [1.29, 1.82) is 0 Å². The van der Waals surface area contributed by atoms with Crippen molar-refractivity contribution in [2.45, 2.75) is 59.8 Å². The van der Waals surface area contributed by atoms with Crippen LogP contribution >= 0.6 is 0 Å². The molecule has 0 spiro atoms. The fourth-order valence-electron chi connectivity index (χ4n) is 3.01. The monoisotopic (exact) mass is 237 g/mol. The van der Waals surface area contributed by atoms with E-state index in [0.29, 0.717) is 5.41 Å². The maximum Gasteiger partial charge on any atom is 0.0161 e. The highest BCUT2D eigenvalue weighted by atomic mass is 14.8. The molecule has 0 saturated heterocycles. The fraction of sp³-hybridized carbons (Fsp3) is 0.875. The second kappa shape index (κ2) is 6.58. The number of nitrogens with one attached hydrogen (secondary N) is 1. The Bertz CT molecular complexity index is 239. The van der Waals surface area contributed by atoms with Gasteiger partial charge in [-0.2, -0.15) is 0 Å². The SMILES string of the molecule is CCC(=CC1CCC(C(C)(C)C)CC1)CNC. The predicted molar refractivity (Wildman–Crippen MR) is 77.2 cm³/mol. The van der Waals surface area contributed by atoms with Gasteiger partial charge in [0.2, 0.25) is 0 Å². The van der Waals surface area contributed by atoms with Crippen LogP contribution in [0.1, 0.15) is 59.8 Å². The van der Waals surface area contributed by atoms with Gasteiger partial charge in [0, 0.05) is 6.54 Å². The summed E-state index contributed by atoms with van der Waals surface area (Å²) in [5.41, 5.74) is 2.10. The van der Waals surface area contributed by atoms with E-state index in [-0.39, 0.29) is 0 Å². The van der Waals surface area contributed by atoms with Crippen LogP contribution in [-0.4, -0.2) is 13.6 Å². The van der Waals surface area contributed by atoms with Crippen molar-refractivity contribution >= 4 is 0 Å². The first-order valence-electron chi connectivity index (χ1n) is 7.31. The number of hydrogen-bond donors (Lipinski definition) is 1. The standard InChI is InChI=1S/C16H31N/c1-6-13(12-17-5)11-14-7-9-15(10-8-14)16(2,3)4/h11,14-15,17H,6-10,12H2,1-5H3. The maximum atomic E-state index is 3.27. The van der Waals surface area contributed by atoms with Crippen LogP contribution in [0.5, 0.6) is 0 Å². The smallest absolute Gasteiger partial charge is 0.0161 e. The van der Waals surface area contributed by atoms with Crippen LogP contribution in [-0.2, 0) is 0 Å². The first-order valence-corrected chi connectivity index (χ1v) is 7.31. The average Bonchev–Trinajstić information content (AvgIpc) is 2.28. The lowest BCUT2D eigenvalue weighted by Crippen LogP contribution is -2.25. The summed E-state index contributed by atoms with van der Waals surface area (Å²) in [7, 11) is 2.04. The Morgan fingerprint density at radius 3 is 2.18 bits per heavy atom. The summed E-state index contributed by atoms with van der Waals surface area (Å²) in [6, 6.07) is 0. The molecule has 0 aromatic rings.